The molecule has 0 amide bonds. The largest absolute Gasteiger partial charge is 0.497 e. The second kappa shape index (κ2) is 9.63. The minimum absolute atomic E-state index is 0.0600. The summed E-state index contributed by atoms with van der Waals surface area (Å²) in [6.07, 6.45) is 1.58. The number of nitrogens with one attached hydrogen (secondary N) is 1. The van der Waals surface area contributed by atoms with Crippen LogP contribution < -0.4 is 20.3 Å². The monoisotopic (exact) mass is 489 g/mol. The van der Waals surface area contributed by atoms with Crippen LogP contribution >= 0.6 is 11.8 Å². The van der Waals surface area contributed by atoms with Gasteiger partial charge in [-0.25, -0.2) is 9.97 Å². The van der Waals surface area contributed by atoms with Crippen molar-refractivity contribution in [3.05, 3.63) is 70.9 Å². The third-order valence-corrected chi connectivity index (χ3v) is 6.20. The molecule has 0 saturated heterocycles. The standard InChI is InChI=1S/C24H23N7O3S/c1-15-12-21(27-19-13-16(33-2)8-9-20(19)34-3)31-23(26-15)28-24(29-31)35-11-10-30-14-25-18-7-5-4-6-17(18)22(30)32/h4-9,12-14,27H,10-11H2,1-3H3. The summed E-state index contributed by atoms with van der Waals surface area (Å²) in [5, 5.41) is 9.14. The number of nitrogens with zero attached hydrogens (tertiary/aromatic N) is 6. The van der Waals surface area contributed by atoms with Gasteiger partial charge in [-0.2, -0.15) is 9.50 Å². The van der Waals surface area contributed by atoms with E-state index in [0.717, 1.165) is 11.4 Å². The highest BCUT2D eigenvalue weighted by atomic mass is 32.2. The number of ether oxygens (including phenoxy) is 2. The first-order valence-corrected chi connectivity index (χ1v) is 11.8. The number of hydrogen-bond donors (Lipinski definition) is 1. The predicted octanol–water partition coefficient (Wildman–Crippen LogP) is 3.70. The Hall–Kier alpha value is -4.12. The van der Waals surface area contributed by atoms with Gasteiger partial charge in [-0.3, -0.25) is 9.36 Å². The van der Waals surface area contributed by atoms with Gasteiger partial charge in [0.05, 0.1) is 37.1 Å². The number of aromatic nitrogens is 6. The fourth-order valence-corrected chi connectivity index (χ4v) is 4.43. The normalized spacial score (nSPS) is 11.2. The number of aryl methyl sites for hydroxylation is 2. The minimum Gasteiger partial charge on any atom is -0.497 e. The number of anilines is 2. The van der Waals surface area contributed by atoms with E-state index in [2.05, 4.69) is 25.4 Å². The van der Waals surface area contributed by atoms with E-state index in [9.17, 15) is 4.79 Å². The van der Waals surface area contributed by atoms with Gasteiger partial charge in [-0.05, 0) is 31.2 Å². The second-order valence-corrected chi connectivity index (χ2v) is 8.75. The summed E-state index contributed by atoms with van der Waals surface area (Å²) < 4.78 is 14.1. The van der Waals surface area contributed by atoms with Crippen LogP contribution in [0.1, 0.15) is 5.69 Å². The molecule has 10 nitrogen and oxygen atoms in total. The van der Waals surface area contributed by atoms with Gasteiger partial charge in [0.2, 0.25) is 5.16 Å². The summed E-state index contributed by atoms with van der Waals surface area (Å²) in [7, 11) is 3.23. The van der Waals surface area contributed by atoms with Gasteiger partial charge >= 0.3 is 0 Å². The van der Waals surface area contributed by atoms with Gasteiger partial charge in [0.25, 0.3) is 11.3 Å². The summed E-state index contributed by atoms with van der Waals surface area (Å²) in [6, 6.07) is 14.7. The highest BCUT2D eigenvalue weighted by Gasteiger charge is 2.13. The second-order valence-electron chi connectivity index (χ2n) is 7.69. The Labute approximate surface area is 205 Å². The molecule has 3 heterocycles. The molecule has 0 radical (unpaired) electrons. The van der Waals surface area contributed by atoms with Gasteiger partial charge in [-0.15, -0.1) is 5.10 Å². The van der Waals surface area contributed by atoms with Crippen molar-refractivity contribution in [2.24, 2.45) is 0 Å². The third kappa shape index (κ3) is 4.62. The molecule has 0 unspecified atom stereocenters. The van der Waals surface area contributed by atoms with Gasteiger partial charge in [0.15, 0.2) is 0 Å². The summed E-state index contributed by atoms with van der Waals surface area (Å²) in [5.41, 5.74) is 2.15. The molecule has 5 aromatic rings. The Balaban J connectivity index is 1.37. The van der Waals surface area contributed by atoms with Crippen molar-refractivity contribution in [2.45, 2.75) is 18.6 Å². The van der Waals surface area contributed by atoms with E-state index in [-0.39, 0.29) is 5.56 Å². The molecule has 1 N–H and O–H groups in total. The van der Waals surface area contributed by atoms with Crippen LogP contribution in [0.4, 0.5) is 11.5 Å². The summed E-state index contributed by atoms with van der Waals surface area (Å²) >= 11 is 1.45. The Morgan fingerprint density at radius 1 is 1.06 bits per heavy atom. The van der Waals surface area contributed by atoms with Crippen molar-refractivity contribution >= 4 is 39.9 Å². The molecule has 0 aliphatic carbocycles. The molecule has 0 atom stereocenters. The van der Waals surface area contributed by atoms with Crippen LogP contribution in [0.2, 0.25) is 0 Å². The molecule has 0 spiro atoms. The zero-order valence-corrected chi connectivity index (χ0v) is 20.2. The molecule has 0 bridgehead atoms. The number of thioether (sulfide) groups is 1. The van der Waals surface area contributed by atoms with Crippen molar-refractivity contribution in [2.75, 3.05) is 25.3 Å². The first-order valence-electron chi connectivity index (χ1n) is 10.9. The molecule has 0 fully saturated rings. The molecule has 2 aromatic carbocycles. The topological polar surface area (TPSA) is 108 Å². The van der Waals surface area contributed by atoms with Crippen molar-refractivity contribution in [3.8, 4) is 11.5 Å². The van der Waals surface area contributed by atoms with Crippen LogP contribution in [0.3, 0.4) is 0 Å². The molecular formula is C24H23N7O3S. The van der Waals surface area contributed by atoms with E-state index < -0.39 is 0 Å². The van der Waals surface area contributed by atoms with Crippen LogP contribution in [0.15, 0.2) is 64.8 Å². The lowest BCUT2D eigenvalue weighted by Crippen LogP contribution is -2.21. The summed E-state index contributed by atoms with van der Waals surface area (Å²) in [4.78, 5) is 26.1. The number of para-hydroxylation sites is 1. The number of benzene rings is 2. The maximum atomic E-state index is 12.7. The highest BCUT2D eigenvalue weighted by molar-refractivity contribution is 7.99. The maximum absolute atomic E-state index is 12.7. The quantitative estimate of drug-likeness (QED) is 0.326. The van der Waals surface area contributed by atoms with Crippen LogP contribution in [0, 0.1) is 6.92 Å². The summed E-state index contributed by atoms with van der Waals surface area (Å²) in [5.74, 6) is 3.12. The van der Waals surface area contributed by atoms with E-state index in [1.807, 2.05) is 49.4 Å². The molecule has 11 heteroatoms. The van der Waals surface area contributed by atoms with E-state index in [1.165, 1.54) is 11.8 Å². The average Bonchev–Trinajstić information content (AvgIpc) is 3.28. The first-order chi connectivity index (χ1) is 17.1. The Bertz CT molecular complexity index is 1580. The van der Waals surface area contributed by atoms with E-state index in [0.29, 0.717) is 51.5 Å². The lowest BCUT2D eigenvalue weighted by Gasteiger charge is -2.13. The lowest BCUT2D eigenvalue weighted by molar-refractivity contribution is 0.405. The number of hydrogen-bond acceptors (Lipinski definition) is 9. The fraction of sp³-hybridized carbons (Fsp3) is 0.208. The Morgan fingerprint density at radius 3 is 2.74 bits per heavy atom. The zero-order valence-electron chi connectivity index (χ0n) is 19.4. The fourth-order valence-electron chi connectivity index (χ4n) is 3.67. The van der Waals surface area contributed by atoms with Gasteiger partial charge in [0.1, 0.15) is 17.3 Å². The number of methoxy groups -OCH3 is 2. The lowest BCUT2D eigenvalue weighted by atomic mass is 10.2. The molecule has 0 aliphatic rings. The predicted molar refractivity (Wildman–Crippen MR) is 135 cm³/mol. The van der Waals surface area contributed by atoms with Crippen molar-refractivity contribution in [1.82, 2.24) is 29.1 Å². The molecule has 178 valence electrons. The third-order valence-electron chi connectivity index (χ3n) is 5.39. The van der Waals surface area contributed by atoms with Gasteiger partial charge in [-0.1, -0.05) is 23.9 Å². The van der Waals surface area contributed by atoms with E-state index in [4.69, 9.17) is 9.47 Å². The van der Waals surface area contributed by atoms with Crippen LogP contribution in [0.25, 0.3) is 16.7 Å². The van der Waals surface area contributed by atoms with Crippen molar-refractivity contribution in [3.63, 3.8) is 0 Å². The first kappa shape index (κ1) is 22.7. The van der Waals surface area contributed by atoms with Crippen molar-refractivity contribution < 1.29 is 9.47 Å². The van der Waals surface area contributed by atoms with Crippen LogP contribution in [0.5, 0.6) is 11.5 Å². The van der Waals surface area contributed by atoms with E-state index in [1.54, 1.807) is 35.7 Å². The zero-order chi connectivity index (χ0) is 24.4. The maximum Gasteiger partial charge on any atom is 0.261 e. The SMILES string of the molecule is COc1ccc(OC)c(Nc2cc(C)nc3nc(SCCn4cnc5ccccc5c4=O)nn23)c1. The van der Waals surface area contributed by atoms with Crippen molar-refractivity contribution in [1.29, 1.82) is 0 Å². The molecule has 0 saturated carbocycles. The highest BCUT2D eigenvalue weighted by Crippen LogP contribution is 2.32. The summed E-state index contributed by atoms with van der Waals surface area (Å²) in [6.45, 7) is 2.38. The average molecular weight is 490 g/mol. The Morgan fingerprint density at radius 2 is 1.91 bits per heavy atom. The smallest absolute Gasteiger partial charge is 0.261 e. The minimum atomic E-state index is -0.0600. The van der Waals surface area contributed by atoms with Gasteiger partial charge < -0.3 is 14.8 Å². The molecular weight excluding hydrogens is 466 g/mol. The van der Waals surface area contributed by atoms with Crippen LogP contribution in [-0.2, 0) is 6.54 Å². The number of rotatable bonds is 8. The Kier molecular flexibility index (Phi) is 6.23. The van der Waals surface area contributed by atoms with E-state index >= 15 is 0 Å². The molecule has 3 aromatic heterocycles. The molecule has 0 aliphatic heterocycles. The van der Waals surface area contributed by atoms with Gasteiger partial charge in [0, 0.05) is 30.1 Å². The van der Waals surface area contributed by atoms with Crippen LogP contribution in [-0.4, -0.2) is 49.1 Å². The molecule has 35 heavy (non-hydrogen) atoms. The number of fused-ring (bicyclic) bond motifs is 2. The molecule has 5 rings (SSSR count).